The Balaban J connectivity index is 0.000000686. The normalized spacial score (nSPS) is 14.7. The van der Waals surface area contributed by atoms with Gasteiger partial charge in [0, 0.05) is 5.41 Å². The van der Waals surface area contributed by atoms with Gasteiger partial charge in [-0.2, -0.15) is 0 Å². The number of aromatic nitrogens is 1. The summed E-state index contributed by atoms with van der Waals surface area (Å²) in [6, 6.07) is 0. The lowest BCUT2D eigenvalue weighted by molar-refractivity contribution is 0.419. The smallest absolute Gasteiger partial charge is 0.180 e. The predicted molar refractivity (Wildman–Crippen MR) is 71.9 cm³/mol. The second kappa shape index (κ2) is 6.24. The van der Waals surface area contributed by atoms with E-state index in [4.69, 9.17) is 4.42 Å². The first kappa shape index (κ1) is 13.5. The predicted octanol–water partition coefficient (Wildman–Crippen LogP) is 4.42. The lowest BCUT2D eigenvalue weighted by Crippen LogP contribution is -2.19. The lowest BCUT2D eigenvalue weighted by atomic mass is 9.80. The molecule has 0 N–H and O–H groups in total. The van der Waals surface area contributed by atoms with Crippen LogP contribution in [-0.2, 0) is 5.41 Å². The van der Waals surface area contributed by atoms with E-state index >= 15 is 0 Å². The largest absolute Gasteiger partial charge is 0.448 e. The zero-order valence-electron chi connectivity index (χ0n) is 11.1. The molecule has 0 aromatic carbocycles. The van der Waals surface area contributed by atoms with E-state index in [0.29, 0.717) is 0 Å². The molecule has 1 heterocycles. The number of hydrogen-bond acceptors (Lipinski definition) is 2. The highest BCUT2D eigenvalue weighted by molar-refractivity contribution is 5.34. The molecule has 1 aromatic rings. The SMILES string of the molecule is CC.CC(C)(C1=CC=CC=CC1)c1cnco1. The van der Waals surface area contributed by atoms with E-state index in [2.05, 4.69) is 43.1 Å². The molecule has 2 nitrogen and oxygen atoms in total. The summed E-state index contributed by atoms with van der Waals surface area (Å²) in [6.45, 7) is 8.32. The van der Waals surface area contributed by atoms with Gasteiger partial charge in [0.2, 0.25) is 0 Å². The Morgan fingerprint density at radius 1 is 1.18 bits per heavy atom. The van der Waals surface area contributed by atoms with Gasteiger partial charge >= 0.3 is 0 Å². The van der Waals surface area contributed by atoms with Crippen molar-refractivity contribution in [2.45, 2.75) is 39.5 Å². The van der Waals surface area contributed by atoms with E-state index in [9.17, 15) is 0 Å². The van der Waals surface area contributed by atoms with Crippen molar-refractivity contribution in [1.29, 1.82) is 0 Å². The van der Waals surface area contributed by atoms with Gasteiger partial charge in [-0.15, -0.1) is 0 Å². The molecule has 0 atom stereocenters. The second-order valence-electron chi connectivity index (χ2n) is 4.20. The molecule has 0 aliphatic heterocycles. The Morgan fingerprint density at radius 3 is 2.59 bits per heavy atom. The fourth-order valence-corrected chi connectivity index (χ4v) is 1.72. The first-order chi connectivity index (χ1) is 8.21. The molecule has 2 heteroatoms. The van der Waals surface area contributed by atoms with Gasteiger partial charge in [-0.1, -0.05) is 49.8 Å². The summed E-state index contributed by atoms with van der Waals surface area (Å²) in [5.74, 6) is 0.914. The number of nitrogens with zero attached hydrogens (tertiary/aromatic N) is 1. The third-order valence-electron chi connectivity index (χ3n) is 2.84. The molecule has 92 valence electrons. The van der Waals surface area contributed by atoms with Crippen molar-refractivity contribution in [1.82, 2.24) is 4.98 Å². The van der Waals surface area contributed by atoms with Crippen LogP contribution in [0.15, 0.2) is 53.0 Å². The highest BCUT2D eigenvalue weighted by Crippen LogP contribution is 2.33. The Morgan fingerprint density at radius 2 is 1.94 bits per heavy atom. The molecule has 1 aliphatic rings. The zero-order valence-corrected chi connectivity index (χ0v) is 11.1. The summed E-state index contributed by atoms with van der Waals surface area (Å²) in [4.78, 5) is 3.98. The molecule has 0 spiro atoms. The van der Waals surface area contributed by atoms with Crippen LogP contribution in [0.5, 0.6) is 0 Å². The zero-order chi connectivity index (χ0) is 12.7. The molecule has 2 rings (SSSR count). The molecule has 0 unspecified atom stereocenters. The Bertz CT molecular complexity index is 408. The molecule has 0 fully saturated rings. The third-order valence-corrected chi connectivity index (χ3v) is 2.84. The van der Waals surface area contributed by atoms with Crippen LogP contribution in [0.4, 0.5) is 0 Å². The van der Waals surface area contributed by atoms with Gasteiger partial charge in [0.15, 0.2) is 6.39 Å². The topological polar surface area (TPSA) is 26.0 Å². The van der Waals surface area contributed by atoms with E-state index in [1.54, 1.807) is 6.20 Å². The first-order valence-electron chi connectivity index (χ1n) is 6.13. The monoisotopic (exact) mass is 231 g/mol. The molecular weight excluding hydrogens is 210 g/mol. The molecule has 0 saturated heterocycles. The summed E-state index contributed by atoms with van der Waals surface area (Å²) < 4.78 is 5.39. The minimum Gasteiger partial charge on any atom is -0.448 e. The van der Waals surface area contributed by atoms with Crippen LogP contribution < -0.4 is 0 Å². The standard InChI is InChI=1S/C13H15NO.C2H6/c1-13(2,12-9-14-10-15-12)11-7-5-3-4-6-8-11;1-2/h3-7,9-10H,8H2,1-2H3;1-2H3. The number of hydrogen-bond donors (Lipinski definition) is 0. The summed E-state index contributed by atoms with van der Waals surface area (Å²) >= 11 is 0. The maximum atomic E-state index is 5.39. The van der Waals surface area contributed by atoms with Crippen LogP contribution in [0.3, 0.4) is 0 Å². The fourth-order valence-electron chi connectivity index (χ4n) is 1.72. The molecule has 0 radical (unpaired) electrons. The van der Waals surface area contributed by atoms with Crippen molar-refractivity contribution in [2.75, 3.05) is 0 Å². The highest BCUT2D eigenvalue weighted by Gasteiger charge is 2.27. The fraction of sp³-hybridized carbons (Fsp3) is 0.400. The summed E-state index contributed by atoms with van der Waals surface area (Å²) in [5, 5.41) is 0. The molecular formula is C15H21NO. The van der Waals surface area contributed by atoms with Crippen LogP contribution in [0.2, 0.25) is 0 Å². The first-order valence-corrected chi connectivity index (χ1v) is 6.13. The van der Waals surface area contributed by atoms with Crippen molar-refractivity contribution in [3.05, 3.63) is 54.3 Å². The molecule has 1 aliphatic carbocycles. The number of oxazole rings is 1. The van der Waals surface area contributed by atoms with E-state index in [-0.39, 0.29) is 5.41 Å². The average molecular weight is 231 g/mol. The summed E-state index contributed by atoms with van der Waals surface area (Å²) in [5.41, 5.74) is 1.25. The average Bonchev–Trinajstić information content (AvgIpc) is 2.75. The maximum Gasteiger partial charge on any atom is 0.180 e. The third kappa shape index (κ3) is 3.19. The van der Waals surface area contributed by atoms with Crippen molar-refractivity contribution in [3.8, 4) is 0 Å². The van der Waals surface area contributed by atoms with Crippen LogP contribution in [0.25, 0.3) is 0 Å². The highest BCUT2D eigenvalue weighted by atomic mass is 16.3. The minimum absolute atomic E-state index is 0.0878. The van der Waals surface area contributed by atoms with Crippen molar-refractivity contribution >= 4 is 0 Å². The molecule has 0 saturated carbocycles. The van der Waals surface area contributed by atoms with E-state index in [1.165, 1.54) is 12.0 Å². The second-order valence-corrected chi connectivity index (χ2v) is 4.20. The Labute approximate surface area is 104 Å². The van der Waals surface area contributed by atoms with Gasteiger partial charge < -0.3 is 4.42 Å². The van der Waals surface area contributed by atoms with Crippen molar-refractivity contribution in [2.24, 2.45) is 0 Å². The van der Waals surface area contributed by atoms with Crippen LogP contribution in [0.1, 0.15) is 39.9 Å². The van der Waals surface area contributed by atoms with Gasteiger partial charge in [-0.3, -0.25) is 0 Å². The van der Waals surface area contributed by atoms with E-state index in [1.807, 2.05) is 19.9 Å². The van der Waals surface area contributed by atoms with Crippen molar-refractivity contribution < 1.29 is 4.42 Å². The van der Waals surface area contributed by atoms with Crippen LogP contribution >= 0.6 is 0 Å². The minimum atomic E-state index is -0.0878. The van der Waals surface area contributed by atoms with Crippen LogP contribution in [0, 0.1) is 0 Å². The molecule has 0 amide bonds. The molecule has 17 heavy (non-hydrogen) atoms. The van der Waals surface area contributed by atoms with Gasteiger partial charge in [-0.25, -0.2) is 4.98 Å². The van der Waals surface area contributed by atoms with Crippen molar-refractivity contribution in [3.63, 3.8) is 0 Å². The summed E-state index contributed by atoms with van der Waals surface area (Å²) in [6.07, 6.45) is 14.7. The Hall–Kier alpha value is -1.57. The van der Waals surface area contributed by atoms with Crippen LogP contribution in [-0.4, -0.2) is 4.98 Å². The van der Waals surface area contributed by atoms with Gasteiger partial charge in [0.05, 0.1) is 6.20 Å². The number of allylic oxidation sites excluding steroid dienone is 6. The quantitative estimate of drug-likeness (QED) is 0.753. The Kier molecular flexibility index (Phi) is 4.95. The molecule has 1 aromatic heterocycles. The van der Waals surface area contributed by atoms with Gasteiger partial charge in [0.1, 0.15) is 5.76 Å². The maximum absolute atomic E-state index is 5.39. The lowest BCUT2D eigenvalue weighted by Gasteiger charge is -2.24. The van der Waals surface area contributed by atoms with Gasteiger partial charge in [0.25, 0.3) is 0 Å². The van der Waals surface area contributed by atoms with E-state index in [0.717, 1.165) is 12.2 Å². The molecule has 0 bridgehead atoms. The number of rotatable bonds is 2. The van der Waals surface area contributed by atoms with E-state index < -0.39 is 0 Å². The van der Waals surface area contributed by atoms with Gasteiger partial charge in [-0.05, 0) is 20.3 Å². The summed E-state index contributed by atoms with van der Waals surface area (Å²) in [7, 11) is 0.